The Morgan fingerprint density at radius 2 is 1.95 bits per heavy atom. The first-order valence-electron chi connectivity index (χ1n) is 6.06. The summed E-state index contributed by atoms with van der Waals surface area (Å²) in [5.41, 5.74) is 0.388. The fourth-order valence-electron chi connectivity index (χ4n) is 1.66. The molecule has 0 amide bonds. The van der Waals surface area contributed by atoms with E-state index in [1.807, 2.05) is 0 Å². The number of carbonyl (C=O) groups excluding carboxylic acids is 1. The number of nitrogens with one attached hydrogen (secondary N) is 1. The lowest BCUT2D eigenvalue weighted by Crippen LogP contribution is -2.19. The Balaban J connectivity index is 2.27. The molecule has 0 spiro atoms. The summed E-state index contributed by atoms with van der Waals surface area (Å²) in [6, 6.07) is 6.94. The molecule has 7 nitrogen and oxygen atoms in total. The van der Waals surface area contributed by atoms with Gasteiger partial charge < -0.3 is 4.74 Å². The molecule has 2 aromatic rings. The van der Waals surface area contributed by atoms with E-state index in [0.717, 1.165) is 0 Å². The van der Waals surface area contributed by atoms with Crippen molar-refractivity contribution >= 4 is 37.7 Å². The highest BCUT2D eigenvalue weighted by Crippen LogP contribution is 2.20. The number of methoxy groups -OCH3 is 1. The van der Waals surface area contributed by atoms with Gasteiger partial charge in [0.25, 0.3) is 0 Å². The average molecular weight is 386 g/mol. The molecule has 9 heteroatoms. The number of carbonyl (C=O) groups is 1. The standard InChI is InChI=1S/C13H12BrN3O4S/c1-21-13(18)11-12(16-7-6-15-11)17-22(19,20)8-9-4-2-3-5-10(9)14/h2-7H,8H2,1H3,(H,16,17). The largest absolute Gasteiger partial charge is 0.464 e. The molecule has 0 bridgehead atoms. The Hall–Kier alpha value is -2.00. The van der Waals surface area contributed by atoms with Crippen LogP contribution in [0.15, 0.2) is 41.1 Å². The third kappa shape index (κ3) is 4.01. The van der Waals surface area contributed by atoms with Crippen molar-refractivity contribution in [2.24, 2.45) is 0 Å². The summed E-state index contributed by atoms with van der Waals surface area (Å²) in [6.45, 7) is 0. The van der Waals surface area contributed by atoms with Gasteiger partial charge in [-0.25, -0.2) is 23.2 Å². The molecule has 0 saturated carbocycles. The van der Waals surface area contributed by atoms with E-state index in [1.165, 1.54) is 19.5 Å². The van der Waals surface area contributed by atoms with Crippen molar-refractivity contribution in [3.63, 3.8) is 0 Å². The second-order valence-electron chi connectivity index (χ2n) is 4.20. The third-order valence-electron chi connectivity index (χ3n) is 2.63. The second kappa shape index (κ2) is 6.84. The molecule has 0 atom stereocenters. The fourth-order valence-corrected chi connectivity index (χ4v) is 3.45. The van der Waals surface area contributed by atoms with Crippen molar-refractivity contribution in [2.75, 3.05) is 11.8 Å². The van der Waals surface area contributed by atoms with Crippen LogP contribution < -0.4 is 4.72 Å². The van der Waals surface area contributed by atoms with E-state index in [4.69, 9.17) is 0 Å². The van der Waals surface area contributed by atoms with Crippen LogP contribution in [0.2, 0.25) is 0 Å². The molecule has 22 heavy (non-hydrogen) atoms. The predicted molar refractivity (Wildman–Crippen MR) is 83.8 cm³/mol. The molecule has 1 heterocycles. The number of ether oxygens (including phenoxy) is 1. The van der Waals surface area contributed by atoms with Crippen LogP contribution in [0.1, 0.15) is 16.1 Å². The number of esters is 1. The Bertz CT molecular complexity index is 795. The van der Waals surface area contributed by atoms with E-state index in [9.17, 15) is 13.2 Å². The maximum atomic E-state index is 12.2. The van der Waals surface area contributed by atoms with Crippen LogP contribution in [0, 0.1) is 0 Å². The number of hydrogen-bond acceptors (Lipinski definition) is 6. The van der Waals surface area contributed by atoms with Gasteiger partial charge in [0.15, 0.2) is 11.5 Å². The minimum absolute atomic E-state index is 0.165. The Kier molecular flexibility index (Phi) is 5.09. The van der Waals surface area contributed by atoms with Gasteiger partial charge >= 0.3 is 5.97 Å². The molecule has 1 aromatic heterocycles. The molecule has 0 unspecified atom stereocenters. The van der Waals surface area contributed by atoms with Crippen LogP contribution in [-0.2, 0) is 20.5 Å². The molecule has 0 aliphatic carbocycles. The predicted octanol–water partition coefficient (Wildman–Crippen LogP) is 1.97. The van der Waals surface area contributed by atoms with E-state index in [1.54, 1.807) is 24.3 Å². The Labute approximate surface area is 135 Å². The number of hydrogen-bond donors (Lipinski definition) is 1. The third-order valence-corrected chi connectivity index (χ3v) is 4.60. The highest BCUT2D eigenvalue weighted by Gasteiger charge is 2.20. The molecule has 0 saturated heterocycles. The number of aromatic nitrogens is 2. The summed E-state index contributed by atoms with van der Waals surface area (Å²) in [5, 5.41) is 0. The second-order valence-corrected chi connectivity index (χ2v) is 6.77. The Morgan fingerprint density at radius 3 is 2.64 bits per heavy atom. The zero-order valence-corrected chi connectivity index (χ0v) is 13.9. The van der Waals surface area contributed by atoms with Crippen molar-refractivity contribution in [1.29, 1.82) is 0 Å². The van der Waals surface area contributed by atoms with E-state index in [0.29, 0.717) is 10.0 Å². The topological polar surface area (TPSA) is 98.2 Å². The summed E-state index contributed by atoms with van der Waals surface area (Å²) in [6.07, 6.45) is 2.56. The van der Waals surface area contributed by atoms with Gasteiger partial charge in [0.05, 0.1) is 12.9 Å². The van der Waals surface area contributed by atoms with Gasteiger partial charge in [0.2, 0.25) is 10.0 Å². The quantitative estimate of drug-likeness (QED) is 0.789. The lowest BCUT2D eigenvalue weighted by atomic mass is 10.2. The number of rotatable bonds is 5. The van der Waals surface area contributed by atoms with Gasteiger partial charge in [0, 0.05) is 16.9 Å². The lowest BCUT2D eigenvalue weighted by Gasteiger charge is -2.10. The van der Waals surface area contributed by atoms with Gasteiger partial charge in [-0.15, -0.1) is 0 Å². The van der Waals surface area contributed by atoms with Crippen LogP contribution in [0.3, 0.4) is 0 Å². The first kappa shape index (κ1) is 16.4. The molecule has 0 radical (unpaired) electrons. The number of sulfonamides is 1. The van der Waals surface area contributed by atoms with Crippen LogP contribution in [0.25, 0.3) is 0 Å². The maximum absolute atomic E-state index is 12.2. The summed E-state index contributed by atoms with van der Waals surface area (Å²) in [5.74, 6) is -1.21. The molecule has 1 aromatic carbocycles. The minimum atomic E-state index is -3.76. The Morgan fingerprint density at radius 1 is 1.27 bits per heavy atom. The number of halogens is 1. The van der Waals surface area contributed by atoms with Crippen LogP contribution >= 0.6 is 15.9 Å². The van der Waals surface area contributed by atoms with Crippen molar-refractivity contribution in [1.82, 2.24) is 9.97 Å². The normalized spacial score (nSPS) is 11.0. The molecular weight excluding hydrogens is 374 g/mol. The molecular formula is C13H12BrN3O4S. The first-order valence-corrected chi connectivity index (χ1v) is 8.50. The summed E-state index contributed by atoms with van der Waals surface area (Å²) in [7, 11) is -2.59. The van der Waals surface area contributed by atoms with Crippen molar-refractivity contribution < 1.29 is 17.9 Å². The van der Waals surface area contributed by atoms with E-state index < -0.39 is 16.0 Å². The van der Waals surface area contributed by atoms with Gasteiger partial charge in [-0.1, -0.05) is 34.1 Å². The van der Waals surface area contributed by atoms with Crippen LogP contribution in [-0.4, -0.2) is 31.5 Å². The van der Waals surface area contributed by atoms with Crippen LogP contribution in [0.5, 0.6) is 0 Å². The van der Waals surface area contributed by atoms with Crippen LogP contribution in [0.4, 0.5) is 5.82 Å². The summed E-state index contributed by atoms with van der Waals surface area (Å²) >= 11 is 3.29. The molecule has 0 fully saturated rings. The summed E-state index contributed by atoms with van der Waals surface area (Å²) < 4.78 is 31.9. The van der Waals surface area contributed by atoms with E-state index in [2.05, 4.69) is 35.4 Å². The zero-order valence-electron chi connectivity index (χ0n) is 11.5. The molecule has 0 aliphatic rings. The molecule has 1 N–H and O–H groups in total. The lowest BCUT2D eigenvalue weighted by molar-refractivity contribution is 0.0595. The van der Waals surface area contributed by atoms with Gasteiger partial charge in [-0.05, 0) is 11.6 Å². The van der Waals surface area contributed by atoms with Gasteiger partial charge in [-0.2, -0.15) is 0 Å². The monoisotopic (exact) mass is 385 g/mol. The molecule has 116 valence electrons. The average Bonchev–Trinajstić information content (AvgIpc) is 2.49. The summed E-state index contributed by atoms with van der Waals surface area (Å²) in [4.78, 5) is 19.2. The van der Waals surface area contributed by atoms with E-state index in [-0.39, 0.29) is 17.3 Å². The molecule has 2 rings (SSSR count). The minimum Gasteiger partial charge on any atom is -0.464 e. The number of nitrogens with zero attached hydrogens (tertiary/aromatic N) is 2. The van der Waals surface area contributed by atoms with Crippen molar-refractivity contribution in [2.45, 2.75) is 5.75 Å². The van der Waals surface area contributed by atoms with Gasteiger partial charge in [0.1, 0.15) is 0 Å². The number of benzene rings is 1. The smallest absolute Gasteiger partial charge is 0.360 e. The highest BCUT2D eigenvalue weighted by molar-refractivity contribution is 9.10. The van der Waals surface area contributed by atoms with E-state index >= 15 is 0 Å². The highest BCUT2D eigenvalue weighted by atomic mass is 79.9. The SMILES string of the molecule is COC(=O)c1nccnc1NS(=O)(=O)Cc1ccccc1Br. The first-order chi connectivity index (χ1) is 10.4. The maximum Gasteiger partial charge on any atom is 0.360 e. The van der Waals surface area contributed by atoms with Gasteiger partial charge in [-0.3, -0.25) is 4.72 Å². The van der Waals surface area contributed by atoms with Crippen molar-refractivity contribution in [3.05, 3.63) is 52.4 Å². The molecule has 0 aliphatic heterocycles. The number of anilines is 1. The fraction of sp³-hybridized carbons (Fsp3) is 0.154. The van der Waals surface area contributed by atoms with Crippen molar-refractivity contribution in [3.8, 4) is 0 Å². The zero-order chi connectivity index (χ0) is 16.2.